The van der Waals surface area contributed by atoms with Crippen molar-refractivity contribution in [1.82, 2.24) is 19.8 Å². The van der Waals surface area contributed by atoms with Crippen molar-refractivity contribution in [3.05, 3.63) is 36.0 Å². The van der Waals surface area contributed by atoms with Gasteiger partial charge in [-0.05, 0) is 27.0 Å². The summed E-state index contributed by atoms with van der Waals surface area (Å²) in [5.74, 6) is 0.981. The summed E-state index contributed by atoms with van der Waals surface area (Å²) in [5.41, 5.74) is 0. The molecule has 7 nitrogen and oxygen atoms in total. The van der Waals surface area contributed by atoms with E-state index in [0.717, 1.165) is 0 Å². The van der Waals surface area contributed by atoms with Crippen LogP contribution in [0.1, 0.15) is 18.4 Å². The van der Waals surface area contributed by atoms with Crippen LogP contribution in [0.3, 0.4) is 0 Å². The van der Waals surface area contributed by atoms with Gasteiger partial charge >= 0.3 is 0 Å². The van der Waals surface area contributed by atoms with Crippen LogP contribution in [-0.4, -0.2) is 31.3 Å². The van der Waals surface area contributed by atoms with E-state index in [4.69, 9.17) is 4.42 Å². The molecule has 0 aliphatic heterocycles. The molecule has 2 heterocycles. The molecule has 0 bridgehead atoms. The van der Waals surface area contributed by atoms with Crippen molar-refractivity contribution in [3.8, 4) is 0 Å². The van der Waals surface area contributed by atoms with Crippen LogP contribution in [0.4, 0.5) is 0 Å². The number of aryl methyl sites for hydroxylation is 1. The molecule has 21 heavy (non-hydrogen) atoms. The van der Waals surface area contributed by atoms with Crippen molar-refractivity contribution >= 4 is 10.0 Å². The second-order valence-electron chi connectivity index (χ2n) is 4.91. The summed E-state index contributed by atoms with van der Waals surface area (Å²) < 4.78 is 34.5. The smallest absolute Gasteiger partial charge is 0.244 e. The van der Waals surface area contributed by atoms with E-state index in [1.165, 1.54) is 0 Å². The second kappa shape index (κ2) is 6.42. The average Bonchev–Trinajstić information content (AvgIpc) is 2.99. The zero-order valence-corrected chi connectivity index (χ0v) is 13.1. The average molecular weight is 312 g/mol. The minimum Gasteiger partial charge on any atom is -0.464 e. The van der Waals surface area contributed by atoms with E-state index in [1.807, 2.05) is 0 Å². The maximum absolute atomic E-state index is 12.4. The molecule has 0 fully saturated rings. The number of sulfonamides is 1. The molecule has 0 saturated heterocycles. The molecule has 2 aromatic heterocycles. The van der Waals surface area contributed by atoms with Gasteiger partial charge in [0.2, 0.25) is 10.0 Å². The van der Waals surface area contributed by atoms with Crippen LogP contribution in [0.15, 0.2) is 33.8 Å². The van der Waals surface area contributed by atoms with Gasteiger partial charge in [0.15, 0.2) is 0 Å². The van der Waals surface area contributed by atoms with E-state index in [1.54, 1.807) is 50.1 Å². The Balaban J connectivity index is 2.10. The SMILES string of the molecule is CNCc1cc(S(=O)(=O)NC(C)Cn2cccn2)c(C)o1. The van der Waals surface area contributed by atoms with E-state index < -0.39 is 10.0 Å². The summed E-state index contributed by atoms with van der Waals surface area (Å²) in [6.07, 6.45) is 3.45. The molecule has 0 aliphatic rings. The highest BCUT2D eigenvalue weighted by atomic mass is 32.2. The highest BCUT2D eigenvalue weighted by molar-refractivity contribution is 7.89. The number of furan rings is 1. The number of hydrogen-bond donors (Lipinski definition) is 2. The minimum absolute atomic E-state index is 0.181. The first kappa shape index (κ1) is 15.7. The minimum atomic E-state index is -3.60. The van der Waals surface area contributed by atoms with Crippen LogP contribution in [0.2, 0.25) is 0 Å². The van der Waals surface area contributed by atoms with E-state index in [9.17, 15) is 8.42 Å². The number of nitrogens with zero attached hydrogens (tertiary/aromatic N) is 2. The number of nitrogens with one attached hydrogen (secondary N) is 2. The van der Waals surface area contributed by atoms with Crippen LogP contribution in [0.5, 0.6) is 0 Å². The first-order valence-corrected chi connectivity index (χ1v) is 8.14. The largest absolute Gasteiger partial charge is 0.464 e. The highest BCUT2D eigenvalue weighted by Crippen LogP contribution is 2.20. The Morgan fingerprint density at radius 3 is 2.86 bits per heavy atom. The highest BCUT2D eigenvalue weighted by Gasteiger charge is 2.23. The molecule has 0 radical (unpaired) electrons. The Hall–Kier alpha value is -1.64. The molecule has 2 N–H and O–H groups in total. The Morgan fingerprint density at radius 2 is 2.24 bits per heavy atom. The lowest BCUT2D eigenvalue weighted by Crippen LogP contribution is -2.35. The van der Waals surface area contributed by atoms with Crippen molar-refractivity contribution in [1.29, 1.82) is 0 Å². The molecule has 0 spiro atoms. The standard InChI is InChI=1S/C13H20N4O3S/c1-10(9-17-6-4-5-15-17)16-21(18,19)13-7-12(8-14-3)20-11(13)2/h4-7,10,14,16H,8-9H2,1-3H3. The van der Waals surface area contributed by atoms with Gasteiger partial charge in [0.05, 0.1) is 13.1 Å². The lowest BCUT2D eigenvalue weighted by atomic mass is 10.4. The Bertz CT molecular complexity index is 676. The summed E-state index contributed by atoms with van der Waals surface area (Å²) in [5, 5.41) is 6.99. The van der Waals surface area contributed by atoms with Gasteiger partial charge in [-0.1, -0.05) is 0 Å². The van der Waals surface area contributed by atoms with Crippen LogP contribution in [0, 0.1) is 6.92 Å². The number of rotatable bonds is 7. The van der Waals surface area contributed by atoms with Crippen LogP contribution < -0.4 is 10.0 Å². The van der Waals surface area contributed by atoms with Crippen molar-refractivity contribution in [2.45, 2.75) is 37.9 Å². The maximum atomic E-state index is 12.4. The van der Waals surface area contributed by atoms with E-state index in [-0.39, 0.29) is 10.9 Å². The molecule has 0 saturated carbocycles. The summed E-state index contributed by atoms with van der Waals surface area (Å²) >= 11 is 0. The lowest BCUT2D eigenvalue weighted by molar-refractivity contribution is 0.464. The molecular formula is C13H20N4O3S. The molecule has 1 unspecified atom stereocenters. The normalized spacial score (nSPS) is 13.5. The quantitative estimate of drug-likeness (QED) is 0.792. The van der Waals surface area contributed by atoms with Gasteiger partial charge in [-0.3, -0.25) is 4.68 Å². The summed E-state index contributed by atoms with van der Waals surface area (Å²) in [7, 11) is -1.83. The van der Waals surface area contributed by atoms with Gasteiger partial charge < -0.3 is 9.73 Å². The zero-order chi connectivity index (χ0) is 15.5. The molecule has 116 valence electrons. The van der Waals surface area contributed by atoms with Gasteiger partial charge in [0.25, 0.3) is 0 Å². The molecular weight excluding hydrogens is 292 g/mol. The second-order valence-corrected chi connectivity index (χ2v) is 6.60. The predicted molar refractivity (Wildman–Crippen MR) is 78.2 cm³/mol. The number of hydrogen-bond acceptors (Lipinski definition) is 5. The fourth-order valence-corrected chi connectivity index (χ4v) is 3.54. The number of aromatic nitrogens is 2. The van der Waals surface area contributed by atoms with Crippen molar-refractivity contribution in [2.75, 3.05) is 7.05 Å². The topological polar surface area (TPSA) is 89.2 Å². The van der Waals surface area contributed by atoms with Crippen LogP contribution in [0.25, 0.3) is 0 Å². The maximum Gasteiger partial charge on any atom is 0.244 e. The fraction of sp³-hybridized carbons (Fsp3) is 0.462. The van der Waals surface area contributed by atoms with Crippen molar-refractivity contribution in [3.63, 3.8) is 0 Å². The monoisotopic (exact) mass is 312 g/mol. The van der Waals surface area contributed by atoms with E-state index in [2.05, 4.69) is 15.1 Å². The first-order chi connectivity index (χ1) is 9.92. The summed E-state index contributed by atoms with van der Waals surface area (Å²) in [4.78, 5) is 0.181. The van der Waals surface area contributed by atoms with Gasteiger partial charge in [0, 0.05) is 24.5 Å². The van der Waals surface area contributed by atoms with Crippen LogP contribution in [-0.2, 0) is 23.1 Å². The molecule has 2 rings (SSSR count). The Morgan fingerprint density at radius 1 is 1.48 bits per heavy atom. The predicted octanol–water partition coefficient (Wildman–Crippen LogP) is 0.871. The first-order valence-electron chi connectivity index (χ1n) is 6.66. The molecule has 0 aliphatic carbocycles. The third kappa shape index (κ3) is 3.93. The molecule has 0 aromatic carbocycles. The lowest BCUT2D eigenvalue weighted by Gasteiger charge is -2.13. The Kier molecular flexibility index (Phi) is 4.81. The third-order valence-electron chi connectivity index (χ3n) is 2.94. The van der Waals surface area contributed by atoms with E-state index >= 15 is 0 Å². The summed E-state index contributed by atoms with van der Waals surface area (Å²) in [6.45, 7) is 4.39. The van der Waals surface area contributed by atoms with Gasteiger partial charge in [0.1, 0.15) is 16.4 Å². The van der Waals surface area contributed by atoms with Crippen molar-refractivity contribution in [2.24, 2.45) is 0 Å². The summed E-state index contributed by atoms with van der Waals surface area (Å²) in [6, 6.07) is 3.07. The van der Waals surface area contributed by atoms with Crippen LogP contribution >= 0.6 is 0 Å². The molecule has 2 aromatic rings. The zero-order valence-electron chi connectivity index (χ0n) is 12.3. The van der Waals surface area contributed by atoms with Gasteiger partial charge in [-0.25, -0.2) is 13.1 Å². The fourth-order valence-electron chi connectivity index (χ4n) is 2.11. The molecule has 1 atom stereocenters. The Labute approximate surface area is 124 Å². The molecule has 8 heteroatoms. The van der Waals surface area contributed by atoms with Gasteiger partial charge in [-0.15, -0.1) is 0 Å². The third-order valence-corrected chi connectivity index (χ3v) is 4.64. The van der Waals surface area contributed by atoms with Gasteiger partial charge in [-0.2, -0.15) is 5.10 Å². The van der Waals surface area contributed by atoms with Crippen molar-refractivity contribution < 1.29 is 12.8 Å². The van der Waals surface area contributed by atoms with E-state index in [0.29, 0.717) is 24.6 Å². The molecule has 0 amide bonds.